The summed E-state index contributed by atoms with van der Waals surface area (Å²) in [7, 11) is 0. The highest BCUT2D eigenvalue weighted by Gasteiger charge is 2.39. The summed E-state index contributed by atoms with van der Waals surface area (Å²) in [6.45, 7) is 4.12. The molecule has 2 aromatic heterocycles. The molecule has 68 heavy (non-hydrogen) atoms. The van der Waals surface area contributed by atoms with Crippen LogP contribution in [0.15, 0.2) is 188 Å². The van der Waals surface area contributed by atoms with Crippen molar-refractivity contribution in [2.75, 3.05) is 0 Å². The van der Waals surface area contributed by atoms with Crippen LogP contribution < -0.4 is 0 Å². The smallest absolute Gasteiger partial charge is 0.309 e. The summed E-state index contributed by atoms with van der Waals surface area (Å²) in [4.78, 5) is 0. The predicted octanol–water partition coefficient (Wildman–Crippen LogP) is 17.1. The van der Waals surface area contributed by atoms with Crippen molar-refractivity contribution in [1.29, 1.82) is 5.26 Å². The van der Waals surface area contributed by atoms with Crippen LogP contribution in [-0.4, -0.2) is 9.13 Å². The lowest BCUT2D eigenvalue weighted by atomic mass is 9.90. The quantitative estimate of drug-likeness (QED) is 0.153. The average Bonchev–Trinajstić information content (AvgIpc) is 3.85. The molecule has 0 aliphatic carbocycles. The van der Waals surface area contributed by atoms with Crippen LogP contribution in [0.2, 0.25) is 0 Å². The molecule has 0 aliphatic heterocycles. The van der Waals surface area contributed by atoms with Crippen LogP contribution >= 0.6 is 0 Å². The third kappa shape index (κ3) is 6.91. The number of aromatic nitrogens is 2. The Labute approximate surface area is 387 Å². The fourth-order valence-electron chi connectivity index (χ4n) is 10.0. The van der Waals surface area contributed by atoms with Crippen LogP contribution in [0.4, 0.5) is 26.3 Å². The number of rotatable bonds is 6. The van der Waals surface area contributed by atoms with E-state index in [1.165, 1.54) is 6.07 Å². The van der Waals surface area contributed by atoms with Gasteiger partial charge in [-0.3, -0.25) is 0 Å². The minimum Gasteiger partial charge on any atom is -0.309 e. The molecule has 11 aromatic rings. The molecule has 0 unspecified atom stereocenters. The van der Waals surface area contributed by atoms with Gasteiger partial charge in [-0.25, -0.2) is 0 Å². The maximum absolute atomic E-state index is 15.0. The number of benzene rings is 9. The second-order valence-electron chi connectivity index (χ2n) is 17.1. The summed E-state index contributed by atoms with van der Waals surface area (Å²) >= 11 is 0. The molecular weight excluding hydrogens is 865 g/mol. The molecule has 0 amide bonds. The minimum atomic E-state index is -5.13. The van der Waals surface area contributed by atoms with E-state index < -0.39 is 29.0 Å². The van der Waals surface area contributed by atoms with Crippen molar-refractivity contribution >= 4 is 43.6 Å². The number of hydrogen-bond donors (Lipinski definition) is 0. The Hall–Kier alpha value is -8.35. The van der Waals surface area contributed by atoms with E-state index >= 15 is 0 Å². The second kappa shape index (κ2) is 15.9. The average molecular weight is 902 g/mol. The van der Waals surface area contributed by atoms with Gasteiger partial charge >= 0.3 is 12.4 Å². The van der Waals surface area contributed by atoms with E-state index in [1.807, 2.05) is 97.1 Å². The summed E-state index contributed by atoms with van der Waals surface area (Å²) in [6.07, 6.45) is -10.1. The number of fused-ring (bicyclic) bond motifs is 6. The lowest BCUT2D eigenvalue weighted by Crippen LogP contribution is -2.12. The highest BCUT2D eigenvalue weighted by molar-refractivity contribution is 6.13. The Kier molecular flexibility index (Phi) is 9.90. The monoisotopic (exact) mass is 901 g/mol. The second-order valence-corrected chi connectivity index (χ2v) is 17.1. The number of alkyl halides is 6. The van der Waals surface area contributed by atoms with E-state index in [1.54, 1.807) is 24.3 Å². The molecule has 9 aromatic carbocycles. The zero-order valence-electron chi connectivity index (χ0n) is 36.5. The summed E-state index contributed by atoms with van der Waals surface area (Å²) in [6, 6.07) is 58.9. The van der Waals surface area contributed by atoms with Gasteiger partial charge in [0.2, 0.25) is 0 Å². The third-order valence-corrected chi connectivity index (χ3v) is 13.1. The maximum atomic E-state index is 15.0. The van der Waals surface area contributed by atoms with Gasteiger partial charge in [0.25, 0.3) is 0 Å². The molecular formula is C59H37F6N3. The number of hydrogen-bond acceptors (Lipinski definition) is 1. The number of aryl methyl sites for hydroxylation is 2. The van der Waals surface area contributed by atoms with Crippen LogP contribution in [0.3, 0.4) is 0 Å². The lowest BCUT2D eigenvalue weighted by molar-refractivity contribution is -0.142. The highest BCUT2D eigenvalue weighted by atomic mass is 19.4. The van der Waals surface area contributed by atoms with Crippen molar-refractivity contribution in [3.8, 4) is 62.0 Å². The fourth-order valence-corrected chi connectivity index (χ4v) is 10.0. The van der Waals surface area contributed by atoms with E-state index in [4.69, 9.17) is 0 Å². The molecule has 0 aliphatic rings. The van der Waals surface area contributed by atoms with Gasteiger partial charge in [-0.2, -0.15) is 31.6 Å². The van der Waals surface area contributed by atoms with Crippen molar-refractivity contribution in [1.82, 2.24) is 9.13 Å². The van der Waals surface area contributed by atoms with Gasteiger partial charge < -0.3 is 9.13 Å². The van der Waals surface area contributed by atoms with Crippen molar-refractivity contribution < 1.29 is 26.3 Å². The molecule has 0 fully saturated rings. The molecule has 0 saturated carbocycles. The fraction of sp³-hybridized carbons (Fsp3) is 0.0678. The SMILES string of the molecule is Cc1ccccc1-c1ccc2c(c1)c1ccccc1n2-c1ccc(-c2ccc(C(F)(F)F)cc2C(F)(F)F)cc1-c1c(C#N)cccc1-n1c2ccccc2c2cc(-c3ccccc3C)ccc21. The third-order valence-electron chi connectivity index (χ3n) is 13.1. The number of nitrogens with zero attached hydrogens (tertiary/aromatic N) is 3. The highest BCUT2D eigenvalue weighted by Crippen LogP contribution is 2.47. The zero-order valence-corrected chi connectivity index (χ0v) is 36.5. The van der Waals surface area contributed by atoms with Crippen LogP contribution in [0, 0.1) is 25.2 Å². The van der Waals surface area contributed by atoms with Crippen molar-refractivity contribution in [2.45, 2.75) is 26.2 Å². The first-order chi connectivity index (χ1) is 32.8. The Morgan fingerprint density at radius 2 is 0.897 bits per heavy atom. The van der Waals surface area contributed by atoms with Gasteiger partial charge in [-0.05, 0) is 131 Å². The Balaban J connectivity index is 1.24. The van der Waals surface area contributed by atoms with Gasteiger partial charge in [-0.15, -0.1) is 0 Å². The Morgan fingerprint density at radius 3 is 1.44 bits per heavy atom. The van der Waals surface area contributed by atoms with E-state index in [0.29, 0.717) is 28.6 Å². The standard InChI is InChI=1S/C59H37F6N3/c1-35-12-3-5-15-42(35)37-22-27-53-47(30-37)45-17-7-9-19-51(45)67(53)55-29-24-39(44-26-25-41(58(60,61)62)33-50(44)59(63,64)65)32-49(55)57-40(34-66)14-11-21-56(57)68-52-20-10-8-18-46(52)48-31-38(23-28-54(48)68)43-16-6-4-13-36(43)2/h3-33H,1-2H3. The molecule has 9 heteroatoms. The normalized spacial score (nSPS) is 12.1. The van der Waals surface area contributed by atoms with E-state index in [-0.39, 0.29) is 17.2 Å². The van der Waals surface area contributed by atoms with Crippen molar-refractivity contribution in [2.24, 2.45) is 0 Å². The first-order valence-corrected chi connectivity index (χ1v) is 22.0. The minimum absolute atomic E-state index is 0.0243. The summed E-state index contributed by atoms with van der Waals surface area (Å²) in [5.41, 5.74) is 8.65. The van der Waals surface area contributed by atoms with Gasteiger partial charge in [0.15, 0.2) is 0 Å². The number of nitriles is 1. The van der Waals surface area contributed by atoms with E-state index in [2.05, 4.69) is 71.5 Å². The van der Waals surface area contributed by atoms with Crippen LogP contribution in [-0.2, 0) is 12.4 Å². The molecule has 2 heterocycles. The summed E-state index contributed by atoms with van der Waals surface area (Å²) in [5, 5.41) is 14.8. The summed E-state index contributed by atoms with van der Waals surface area (Å²) < 4.78 is 91.0. The maximum Gasteiger partial charge on any atom is 0.417 e. The molecule has 11 rings (SSSR count). The molecule has 0 N–H and O–H groups in total. The topological polar surface area (TPSA) is 33.6 Å². The van der Waals surface area contributed by atoms with Crippen LogP contribution in [0.5, 0.6) is 0 Å². The van der Waals surface area contributed by atoms with Gasteiger partial charge in [0, 0.05) is 32.7 Å². The molecule has 330 valence electrons. The number of halogens is 6. The van der Waals surface area contributed by atoms with Crippen molar-refractivity contribution in [3.63, 3.8) is 0 Å². The lowest BCUT2D eigenvalue weighted by Gasteiger charge is -2.22. The molecule has 0 atom stereocenters. The number of para-hydroxylation sites is 2. The largest absolute Gasteiger partial charge is 0.417 e. The summed E-state index contributed by atoms with van der Waals surface area (Å²) in [5.74, 6) is 0. The molecule has 0 bridgehead atoms. The van der Waals surface area contributed by atoms with E-state index in [9.17, 15) is 31.6 Å². The van der Waals surface area contributed by atoms with Crippen LogP contribution in [0.1, 0.15) is 27.8 Å². The van der Waals surface area contributed by atoms with Crippen molar-refractivity contribution in [3.05, 3.63) is 216 Å². The van der Waals surface area contributed by atoms with Gasteiger partial charge in [0.05, 0.1) is 56.2 Å². The van der Waals surface area contributed by atoms with E-state index in [0.717, 1.165) is 83.1 Å². The van der Waals surface area contributed by atoms with Gasteiger partial charge in [0.1, 0.15) is 0 Å². The zero-order chi connectivity index (χ0) is 47.1. The molecule has 0 spiro atoms. The van der Waals surface area contributed by atoms with Gasteiger partial charge in [-0.1, -0.05) is 115 Å². The predicted molar refractivity (Wildman–Crippen MR) is 261 cm³/mol. The molecule has 0 radical (unpaired) electrons. The first-order valence-electron chi connectivity index (χ1n) is 22.0. The molecule has 3 nitrogen and oxygen atoms in total. The first kappa shape index (κ1) is 42.3. The Bertz CT molecular complexity index is 3880. The van der Waals surface area contributed by atoms with Crippen LogP contribution in [0.25, 0.3) is 99.5 Å². The molecule has 0 saturated heterocycles. The Morgan fingerprint density at radius 1 is 0.397 bits per heavy atom.